The number of para-hydroxylation sites is 1. The number of rotatable bonds is 2. The fourth-order valence-electron chi connectivity index (χ4n) is 6.05. The molecular formula is C26H28ClN3O. The molecule has 0 radical (unpaired) electrons. The first kappa shape index (κ1) is 20.3. The average Bonchev–Trinajstić information content (AvgIpc) is 3.28. The van der Waals surface area contributed by atoms with E-state index in [0.29, 0.717) is 12.7 Å². The molecule has 0 N–H and O–H groups in total. The van der Waals surface area contributed by atoms with Gasteiger partial charge >= 0.3 is 0 Å². The number of carbonyl (C=O) groups excluding carboxylic acids is 1. The van der Waals surface area contributed by atoms with Gasteiger partial charge in [0.15, 0.2) is 0 Å². The Morgan fingerprint density at radius 1 is 0.903 bits per heavy atom. The molecule has 5 heteroatoms. The molecule has 3 aromatic rings. The Balaban J connectivity index is 0.00000204. The fourth-order valence-corrected chi connectivity index (χ4v) is 6.05. The summed E-state index contributed by atoms with van der Waals surface area (Å²) >= 11 is 0. The van der Waals surface area contributed by atoms with E-state index in [9.17, 15) is 4.79 Å². The van der Waals surface area contributed by atoms with Crippen LogP contribution in [0.3, 0.4) is 0 Å². The molecule has 1 amide bonds. The van der Waals surface area contributed by atoms with Gasteiger partial charge in [-0.25, -0.2) is 0 Å². The summed E-state index contributed by atoms with van der Waals surface area (Å²) < 4.78 is 0. The first-order valence-electron chi connectivity index (χ1n) is 11.0. The second kappa shape index (κ2) is 7.54. The molecular weight excluding hydrogens is 406 g/mol. The van der Waals surface area contributed by atoms with Gasteiger partial charge in [0.2, 0.25) is 5.91 Å². The maximum atomic E-state index is 13.3. The minimum Gasteiger partial charge on any atom is -0.339 e. The topological polar surface area (TPSA) is 26.8 Å². The number of hydrogen-bond donors (Lipinski definition) is 0. The van der Waals surface area contributed by atoms with Crippen LogP contribution < -0.4 is 4.90 Å². The highest BCUT2D eigenvalue weighted by Gasteiger charge is 2.53. The lowest BCUT2D eigenvalue weighted by Gasteiger charge is -2.45. The van der Waals surface area contributed by atoms with Crippen LogP contribution in [-0.2, 0) is 11.2 Å². The summed E-state index contributed by atoms with van der Waals surface area (Å²) in [6, 6.07) is 24.3. The van der Waals surface area contributed by atoms with Crippen LogP contribution in [0, 0.1) is 0 Å². The first-order valence-corrected chi connectivity index (χ1v) is 11.0. The largest absolute Gasteiger partial charge is 0.339 e. The molecule has 6 rings (SSSR count). The van der Waals surface area contributed by atoms with Crippen LogP contribution in [-0.4, -0.2) is 48.1 Å². The Kier molecular flexibility index (Phi) is 4.95. The maximum Gasteiger partial charge on any atom is 0.249 e. The van der Waals surface area contributed by atoms with Crippen LogP contribution in [0.5, 0.6) is 0 Å². The Morgan fingerprint density at radius 3 is 2.35 bits per heavy atom. The standard InChI is InChI=1S/C26H27N3O.ClH/c1-27-18-29(21-10-3-2-4-11-21)26(25(27)30)13-15-28(16-14-26)23-17-20-9-5-7-19-8-6-12-22(23)24(19)20;/h2-12,23H,13-18H2,1H3;1H. The van der Waals surface area contributed by atoms with E-state index in [0.717, 1.165) is 38.0 Å². The van der Waals surface area contributed by atoms with Crippen LogP contribution in [0.15, 0.2) is 66.7 Å². The van der Waals surface area contributed by atoms with Crippen LogP contribution in [0.2, 0.25) is 0 Å². The normalized spacial score (nSPS) is 22.4. The van der Waals surface area contributed by atoms with Crippen LogP contribution >= 0.6 is 12.4 Å². The number of carbonyl (C=O) groups is 1. The SMILES string of the molecule is CN1CN(c2ccccc2)C2(CCN(C3Cc4cccc5cccc3c45)CC2)C1=O.Cl. The number of halogens is 1. The Bertz CT molecular complexity index is 1120. The monoisotopic (exact) mass is 433 g/mol. The van der Waals surface area contributed by atoms with Gasteiger partial charge in [-0.15, -0.1) is 12.4 Å². The van der Waals surface area contributed by atoms with E-state index in [2.05, 4.69) is 70.5 Å². The van der Waals surface area contributed by atoms with Crippen molar-refractivity contribution in [3.8, 4) is 0 Å². The van der Waals surface area contributed by atoms with Crippen molar-refractivity contribution in [1.29, 1.82) is 0 Å². The molecule has 2 heterocycles. The minimum atomic E-state index is -0.399. The lowest BCUT2D eigenvalue weighted by molar-refractivity contribution is -0.132. The molecule has 1 aliphatic carbocycles. The molecule has 0 aromatic heterocycles. The highest BCUT2D eigenvalue weighted by molar-refractivity contribution is 5.93. The van der Waals surface area contributed by atoms with Crippen molar-refractivity contribution in [3.63, 3.8) is 0 Å². The predicted octanol–water partition coefficient (Wildman–Crippen LogP) is 4.63. The van der Waals surface area contributed by atoms with Crippen LogP contribution in [0.4, 0.5) is 5.69 Å². The van der Waals surface area contributed by atoms with Gasteiger partial charge in [-0.2, -0.15) is 0 Å². The zero-order valence-electron chi connectivity index (χ0n) is 17.8. The summed E-state index contributed by atoms with van der Waals surface area (Å²) in [5.74, 6) is 0.280. The smallest absolute Gasteiger partial charge is 0.249 e. The zero-order valence-corrected chi connectivity index (χ0v) is 18.6. The van der Waals surface area contributed by atoms with Crippen molar-refractivity contribution < 1.29 is 4.79 Å². The molecule has 31 heavy (non-hydrogen) atoms. The van der Waals surface area contributed by atoms with Gasteiger partial charge in [0.05, 0.1) is 6.67 Å². The molecule has 1 atom stereocenters. The summed E-state index contributed by atoms with van der Waals surface area (Å²) in [6.45, 7) is 2.59. The van der Waals surface area contributed by atoms with E-state index in [1.165, 1.54) is 21.9 Å². The molecule has 1 unspecified atom stereocenters. The molecule has 3 aromatic carbocycles. The van der Waals surface area contributed by atoms with E-state index in [-0.39, 0.29) is 18.3 Å². The molecule has 2 fully saturated rings. The quantitative estimate of drug-likeness (QED) is 0.589. The second-order valence-corrected chi connectivity index (χ2v) is 9.06. The molecule has 2 saturated heterocycles. The lowest BCUT2D eigenvalue weighted by Crippen LogP contribution is -2.56. The van der Waals surface area contributed by atoms with Gasteiger partial charge in [-0.3, -0.25) is 9.69 Å². The van der Waals surface area contributed by atoms with Gasteiger partial charge in [-0.1, -0.05) is 54.6 Å². The number of hydrogen-bond acceptors (Lipinski definition) is 3. The van der Waals surface area contributed by atoms with E-state index < -0.39 is 5.54 Å². The number of amides is 1. The Morgan fingerprint density at radius 2 is 1.61 bits per heavy atom. The first-order chi connectivity index (χ1) is 14.7. The Labute approximate surface area is 189 Å². The van der Waals surface area contributed by atoms with Crippen LogP contribution in [0.1, 0.15) is 30.0 Å². The van der Waals surface area contributed by atoms with Gasteiger partial charge in [0.1, 0.15) is 5.54 Å². The number of nitrogens with zero attached hydrogens (tertiary/aromatic N) is 3. The van der Waals surface area contributed by atoms with Gasteiger partial charge in [0.25, 0.3) is 0 Å². The van der Waals surface area contributed by atoms with Gasteiger partial charge in [-0.05, 0) is 53.3 Å². The minimum absolute atomic E-state index is 0. The van der Waals surface area contributed by atoms with Crippen molar-refractivity contribution in [2.45, 2.75) is 30.8 Å². The lowest BCUT2D eigenvalue weighted by atomic mass is 9.84. The highest BCUT2D eigenvalue weighted by atomic mass is 35.5. The third-order valence-electron chi connectivity index (χ3n) is 7.54. The second-order valence-electron chi connectivity index (χ2n) is 9.06. The van der Waals surface area contributed by atoms with E-state index in [1.54, 1.807) is 0 Å². The molecule has 0 bridgehead atoms. The van der Waals surface area contributed by atoms with E-state index in [1.807, 2.05) is 18.0 Å². The van der Waals surface area contributed by atoms with Crippen molar-refractivity contribution >= 4 is 34.8 Å². The molecule has 4 nitrogen and oxygen atoms in total. The van der Waals surface area contributed by atoms with E-state index in [4.69, 9.17) is 0 Å². The third kappa shape index (κ3) is 2.96. The zero-order chi connectivity index (χ0) is 20.3. The fraction of sp³-hybridized carbons (Fsp3) is 0.346. The molecule has 2 aliphatic heterocycles. The number of likely N-dealkylation sites (tertiary alicyclic amines) is 1. The average molecular weight is 434 g/mol. The maximum absolute atomic E-state index is 13.3. The van der Waals surface area contributed by atoms with Crippen molar-refractivity contribution in [3.05, 3.63) is 77.9 Å². The van der Waals surface area contributed by atoms with Crippen molar-refractivity contribution in [1.82, 2.24) is 9.80 Å². The van der Waals surface area contributed by atoms with Gasteiger partial charge < -0.3 is 9.80 Å². The van der Waals surface area contributed by atoms with Crippen molar-refractivity contribution in [2.24, 2.45) is 0 Å². The third-order valence-corrected chi connectivity index (χ3v) is 7.54. The number of piperidine rings is 1. The number of benzene rings is 3. The molecule has 0 saturated carbocycles. The summed E-state index contributed by atoms with van der Waals surface area (Å²) in [7, 11) is 1.94. The number of likely N-dealkylation sites (N-methyl/N-ethyl adjacent to an activating group) is 1. The van der Waals surface area contributed by atoms with Crippen molar-refractivity contribution in [2.75, 3.05) is 31.7 Å². The van der Waals surface area contributed by atoms with Gasteiger partial charge in [0, 0.05) is 31.9 Å². The summed E-state index contributed by atoms with van der Waals surface area (Å²) in [4.78, 5) is 20.2. The summed E-state index contributed by atoms with van der Waals surface area (Å²) in [6.07, 6.45) is 2.85. The Hall–Kier alpha value is -2.56. The number of anilines is 1. The summed E-state index contributed by atoms with van der Waals surface area (Å²) in [5, 5.41) is 2.80. The van der Waals surface area contributed by atoms with E-state index >= 15 is 0 Å². The molecule has 3 aliphatic rings. The highest BCUT2D eigenvalue weighted by Crippen LogP contribution is 2.44. The predicted molar refractivity (Wildman–Crippen MR) is 128 cm³/mol. The molecule has 160 valence electrons. The summed E-state index contributed by atoms with van der Waals surface area (Å²) in [5.41, 5.74) is 3.69. The molecule has 1 spiro atoms. The van der Waals surface area contributed by atoms with Crippen LogP contribution in [0.25, 0.3) is 10.8 Å².